The fraction of sp³-hybridized carbons (Fsp3) is 0.500. The molecule has 0 saturated heterocycles. The molecular weight excluding hydrogens is 226 g/mol. The van der Waals surface area contributed by atoms with Crippen molar-refractivity contribution < 1.29 is 4.74 Å². The quantitative estimate of drug-likeness (QED) is 0.620. The fourth-order valence-electron chi connectivity index (χ4n) is 2.10. The van der Waals surface area contributed by atoms with Crippen LogP contribution in [0.2, 0.25) is 0 Å². The average molecular weight is 247 g/mol. The molecule has 0 aromatic heterocycles. The molecule has 2 rings (SSSR count). The maximum atomic E-state index is 5.93. The molecule has 4 nitrogen and oxygen atoms in total. The summed E-state index contributed by atoms with van der Waals surface area (Å²) in [6.45, 7) is 2.76. The van der Waals surface area contributed by atoms with Gasteiger partial charge in [-0.05, 0) is 18.4 Å². The zero-order chi connectivity index (χ0) is 13.0. The Kier molecular flexibility index (Phi) is 4.20. The molecule has 1 aliphatic rings. The maximum absolute atomic E-state index is 5.93. The van der Waals surface area contributed by atoms with Crippen LogP contribution in [0.4, 0.5) is 5.69 Å². The van der Waals surface area contributed by atoms with Crippen molar-refractivity contribution in [1.82, 2.24) is 0 Å². The Morgan fingerprint density at radius 1 is 1.50 bits per heavy atom. The van der Waals surface area contributed by atoms with Gasteiger partial charge in [-0.3, -0.25) is 0 Å². The zero-order valence-corrected chi connectivity index (χ0v) is 11.0. The van der Waals surface area contributed by atoms with E-state index in [1.54, 1.807) is 7.11 Å². The summed E-state index contributed by atoms with van der Waals surface area (Å²) in [4.78, 5) is 4.48. The van der Waals surface area contributed by atoms with Crippen molar-refractivity contribution in [2.45, 2.75) is 32.4 Å². The van der Waals surface area contributed by atoms with E-state index in [9.17, 15) is 0 Å². The van der Waals surface area contributed by atoms with Gasteiger partial charge in [0.15, 0.2) is 5.96 Å². The van der Waals surface area contributed by atoms with E-state index in [2.05, 4.69) is 17.2 Å². The normalized spacial score (nSPS) is 22.9. The minimum absolute atomic E-state index is 0.414. The van der Waals surface area contributed by atoms with Gasteiger partial charge < -0.3 is 15.8 Å². The molecule has 0 radical (unpaired) electrons. The minimum atomic E-state index is 0.414. The molecule has 4 heteroatoms. The molecule has 0 spiro atoms. The Balaban J connectivity index is 2.00. The summed E-state index contributed by atoms with van der Waals surface area (Å²) in [6, 6.07) is 8.38. The van der Waals surface area contributed by atoms with E-state index in [1.807, 2.05) is 24.3 Å². The number of anilines is 1. The third-order valence-electron chi connectivity index (χ3n) is 3.29. The molecule has 0 amide bonds. The average Bonchev–Trinajstić information content (AvgIpc) is 3.10. The summed E-state index contributed by atoms with van der Waals surface area (Å²) < 4.78 is 5.16. The second-order valence-corrected chi connectivity index (χ2v) is 4.70. The van der Waals surface area contributed by atoms with Crippen LogP contribution in [0.3, 0.4) is 0 Å². The van der Waals surface area contributed by atoms with Gasteiger partial charge in [0.25, 0.3) is 0 Å². The first kappa shape index (κ1) is 12.9. The predicted octanol–water partition coefficient (Wildman–Crippen LogP) is 2.36. The van der Waals surface area contributed by atoms with Gasteiger partial charge in [-0.2, -0.15) is 0 Å². The number of hydrogen-bond donors (Lipinski definition) is 2. The molecule has 1 aromatic carbocycles. The highest BCUT2D eigenvalue weighted by molar-refractivity contribution is 5.93. The summed E-state index contributed by atoms with van der Waals surface area (Å²) in [5, 5.41) is 3.16. The monoisotopic (exact) mass is 247 g/mol. The Bertz CT molecular complexity index is 431. The summed E-state index contributed by atoms with van der Waals surface area (Å²) in [7, 11) is 1.68. The van der Waals surface area contributed by atoms with Gasteiger partial charge in [0.1, 0.15) is 0 Å². The van der Waals surface area contributed by atoms with Gasteiger partial charge >= 0.3 is 0 Å². The maximum Gasteiger partial charge on any atom is 0.193 e. The van der Waals surface area contributed by atoms with Crippen molar-refractivity contribution in [3.8, 4) is 0 Å². The molecule has 2 atom stereocenters. The van der Waals surface area contributed by atoms with Crippen LogP contribution in [0.5, 0.6) is 0 Å². The van der Waals surface area contributed by atoms with Crippen molar-refractivity contribution in [3.63, 3.8) is 0 Å². The smallest absolute Gasteiger partial charge is 0.193 e. The molecule has 18 heavy (non-hydrogen) atoms. The van der Waals surface area contributed by atoms with E-state index in [0.717, 1.165) is 17.2 Å². The van der Waals surface area contributed by atoms with Gasteiger partial charge in [-0.1, -0.05) is 31.5 Å². The molecule has 0 aliphatic heterocycles. The topological polar surface area (TPSA) is 59.6 Å². The lowest BCUT2D eigenvalue weighted by Gasteiger charge is -2.10. The van der Waals surface area contributed by atoms with E-state index in [4.69, 9.17) is 10.5 Å². The number of hydrogen-bond acceptors (Lipinski definition) is 2. The molecule has 98 valence electrons. The Morgan fingerprint density at radius 3 is 2.94 bits per heavy atom. The van der Waals surface area contributed by atoms with Gasteiger partial charge in [0.05, 0.1) is 12.6 Å². The first-order chi connectivity index (χ1) is 8.74. The van der Waals surface area contributed by atoms with Crippen molar-refractivity contribution in [3.05, 3.63) is 29.8 Å². The lowest BCUT2D eigenvalue weighted by molar-refractivity contribution is 0.185. The zero-order valence-electron chi connectivity index (χ0n) is 11.0. The first-order valence-corrected chi connectivity index (χ1v) is 6.41. The molecular formula is C14H21N3O. The third kappa shape index (κ3) is 3.23. The van der Waals surface area contributed by atoms with Crippen LogP contribution in [0.1, 0.15) is 25.3 Å². The van der Waals surface area contributed by atoms with Crippen LogP contribution in [0, 0.1) is 5.92 Å². The highest BCUT2D eigenvalue weighted by atomic mass is 16.5. The van der Waals surface area contributed by atoms with Crippen molar-refractivity contribution in [2.75, 3.05) is 12.4 Å². The Labute approximate surface area is 108 Å². The number of nitrogens with two attached hydrogens (primary N) is 1. The van der Waals surface area contributed by atoms with Crippen LogP contribution in [0.15, 0.2) is 29.3 Å². The van der Waals surface area contributed by atoms with E-state index in [0.29, 0.717) is 18.6 Å². The lowest BCUT2D eigenvalue weighted by atomic mass is 10.2. The van der Waals surface area contributed by atoms with Gasteiger partial charge in [-0.25, -0.2) is 4.99 Å². The van der Waals surface area contributed by atoms with Crippen molar-refractivity contribution >= 4 is 11.6 Å². The van der Waals surface area contributed by atoms with E-state index < -0.39 is 0 Å². The third-order valence-corrected chi connectivity index (χ3v) is 3.29. The summed E-state index contributed by atoms with van der Waals surface area (Å²) in [5.74, 6) is 1.22. The molecule has 1 aliphatic carbocycles. The molecule has 3 N–H and O–H groups in total. The number of guanidine groups is 1. The van der Waals surface area contributed by atoms with Crippen LogP contribution in [0.25, 0.3) is 0 Å². The van der Waals surface area contributed by atoms with E-state index >= 15 is 0 Å². The molecule has 0 heterocycles. The van der Waals surface area contributed by atoms with Crippen LogP contribution in [-0.2, 0) is 11.3 Å². The van der Waals surface area contributed by atoms with Crippen LogP contribution >= 0.6 is 0 Å². The second-order valence-electron chi connectivity index (χ2n) is 4.70. The van der Waals surface area contributed by atoms with Crippen molar-refractivity contribution in [2.24, 2.45) is 16.6 Å². The highest BCUT2D eigenvalue weighted by Gasteiger charge is 2.35. The van der Waals surface area contributed by atoms with Crippen molar-refractivity contribution in [1.29, 1.82) is 0 Å². The van der Waals surface area contributed by atoms with E-state index in [1.165, 1.54) is 12.8 Å². The Morgan fingerprint density at radius 2 is 2.28 bits per heavy atom. The summed E-state index contributed by atoms with van der Waals surface area (Å²) in [6.07, 6.45) is 2.35. The second kappa shape index (κ2) is 5.87. The number of aliphatic imine (C=N–C) groups is 1. The largest absolute Gasteiger partial charge is 0.380 e. The first-order valence-electron chi connectivity index (χ1n) is 6.41. The summed E-state index contributed by atoms with van der Waals surface area (Å²) >= 11 is 0. The lowest BCUT2D eigenvalue weighted by Crippen LogP contribution is -2.24. The Hall–Kier alpha value is -1.55. The number of nitrogens with zero attached hydrogens (tertiary/aromatic N) is 1. The number of para-hydroxylation sites is 1. The molecule has 1 saturated carbocycles. The molecule has 0 bridgehead atoms. The fourth-order valence-corrected chi connectivity index (χ4v) is 2.10. The molecule has 1 aromatic rings. The number of rotatable bonds is 5. The number of methoxy groups -OCH3 is 1. The van der Waals surface area contributed by atoms with Gasteiger partial charge in [-0.15, -0.1) is 0 Å². The van der Waals surface area contributed by atoms with Gasteiger partial charge in [0, 0.05) is 18.4 Å². The number of nitrogens with one attached hydrogen (secondary N) is 1. The van der Waals surface area contributed by atoms with Crippen LogP contribution < -0.4 is 11.1 Å². The van der Waals surface area contributed by atoms with Gasteiger partial charge in [0.2, 0.25) is 0 Å². The van der Waals surface area contributed by atoms with E-state index in [-0.39, 0.29) is 0 Å². The SMILES string of the molecule is CC[C@@H]1C[C@H]1N=C(N)Nc1ccccc1COC. The number of benzene rings is 1. The molecule has 0 unspecified atom stereocenters. The summed E-state index contributed by atoms with van der Waals surface area (Å²) in [5.41, 5.74) is 7.98. The number of ether oxygens (including phenoxy) is 1. The molecule has 1 fully saturated rings. The predicted molar refractivity (Wildman–Crippen MR) is 74.6 cm³/mol. The highest BCUT2D eigenvalue weighted by Crippen LogP contribution is 2.36. The van der Waals surface area contributed by atoms with Crippen LogP contribution in [-0.4, -0.2) is 19.1 Å². The standard InChI is InChI=1S/C14H21N3O/c1-3-10-8-13(10)17-14(15)16-12-7-5-4-6-11(12)9-18-2/h4-7,10,13H,3,8-9H2,1-2H3,(H3,15,16,17)/t10-,13-/m1/s1. The minimum Gasteiger partial charge on any atom is -0.380 e.